The van der Waals surface area contributed by atoms with Crippen molar-refractivity contribution < 1.29 is 9.16 Å². The van der Waals surface area contributed by atoms with Crippen molar-refractivity contribution in [3.8, 4) is 5.75 Å². The second kappa shape index (κ2) is 5.16. The Morgan fingerprint density at radius 1 is 1.24 bits per heavy atom. The molecule has 2 rings (SSSR count). The molecule has 0 bridgehead atoms. The van der Waals surface area contributed by atoms with Crippen LogP contribution >= 0.6 is 0 Å². The highest BCUT2D eigenvalue weighted by molar-refractivity contribution is 6.74. The van der Waals surface area contributed by atoms with Crippen LogP contribution in [-0.2, 0) is 4.74 Å². The van der Waals surface area contributed by atoms with E-state index in [1.807, 2.05) is 24.3 Å². The maximum Gasteiger partial charge on any atom is 0.250 e. The Labute approximate surface area is 129 Å². The molecule has 3 nitrogen and oxygen atoms in total. The average molecular weight is 305 g/mol. The first-order valence-corrected chi connectivity index (χ1v) is 10.4. The summed E-state index contributed by atoms with van der Waals surface area (Å²) in [4.78, 5) is 4.63. The number of rotatable bonds is 3. The highest BCUT2D eigenvalue weighted by Crippen LogP contribution is 2.37. The lowest BCUT2D eigenvalue weighted by Crippen LogP contribution is -2.43. The van der Waals surface area contributed by atoms with Crippen LogP contribution in [0.25, 0.3) is 0 Å². The van der Waals surface area contributed by atoms with Crippen molar-refractivity contribution in [2.45, 2.75) is 58.3 Å². The standard InChI is InChI=1S/C17H27NO2Si/c1-16(2,3)21(6,7)20-14-10-8-9-13(11-14)15-18-17(4,5)12-19-15/h8-11H,12H2,1-7H3. The molecule has 0 fully saturated rings. The second-order valence-electron chi connectivity index (χ2n) is 7.91. The van der Waals surface area contributed by atoms with E-state index in [2.05, 4.69) is 52.7 Å². The van der Waals surface area contributed by atoms with Crippen LogP contribution in [0.4, 0.5) is 0 Å². The van der Waals surface area contributed by atoms with Gasteiger partial charge in [0, 0.05) is 5.56 Å². The molecule has 1 aromatic rings. The Balaban J connectivity index is 2.24. The Morgan fingerprint density at radius 3 is 2.43 bits per heavy atom. The summed E-state index contributed by atoms with van der Waals surface area (Å²) < 4.78 is 12.1. The van der Waals surface area contributed by atoms with Crippen LogP contribution in [-0.4, -0.2) is 26.4 Å². The van der Waals surface area contributed by atoms with E-state index in [1.165, 1.54) is 0 Å². The minimum Gasteiger partial charge on any atom is -0.543 e. The van der Waals surface area contributed by atoms with Crippen molar-refractivity contribution in [3.63, 3.8) is 0 Å². The van der Waals surface area contributed by atoms with Crippen LogP contribution in [0.2, 0.25) is 18.1 Å². The normalized spacial score (nSPS) is 18.1. The lowest BCUT2D eigenvalue weighted by atomic mass is 10.1. The Morgan fingerprint density at radius 2 is 1.90 bits per heavy atom. The summed E-state index contributed by atoms with van der Waals surface area (Å²) in [5.41, 5.74) is 0.864. The number of hydrogen-bond donors (Lipinski definition) is 0. The monoisotopic (exact) mass is 305 g/mol. The first-order chi connectivity index (χ1) is 9.50. The summed E-state index contributed by atoms with van der Waals surface area (Å²) in [6, 6.07) is 8.10. The van der Waals surface area contributed by atoms with Gasteiger partial charge in [-0.1, -0.05) is 26.8 Å². The van der Waals surface area contributed by atoms with Gasteiger partial charge < -0.3 is 9.16 Å². The predicted molar refractivity (Wildman–Crippen MR) is 90.8 cm³/mol. The topological polar surface area (TPSA) is 30.8 Å². The minimum absolute atomic E-state index is 0.133. The Hall–Kier alpha value is -1.29. The number of aliphatic imine (C=N–C) groups is 1. The molecule has 0 aromatic heterocycles. The Kier molecular flexibility index (Phi) is 3.95. The van der Waals surface area contributed by atoms with Gasteiger partial charge in [0.25, 0.3) is 0 Å². The molecule has 0 spiro atoms. The maximum atomic E-state index is 6.35. The van der Waals surface area contributed by atoms with E-state index >= 15 is 0 Å². The van der Waals surface area contributed by atoms with Crippen molar-refractivity contribution in [1.29, 1.82) is 0 Å². The number of hydrogen-bond acceptors (Lipinski definition) is 3. The molecule has 21 heavy (non-hydrogen) atoms. The predicted octanol–water partition coefficient (Wildman–Crippen LogP) is 4.63. The zero-order valence-electron chi connectivity index (χ0n) is 14.3. The van der Waals surface area contributed by atoms with Crippen molar-refractivity contribution in [2.75, 3.05) is 6.61 Å². The average Bonchev–Trinajstić information content (AvgIpc) is 2.68. The summed E-state index contributed by atoms with van der Waals surface area (Å²) in [6.07, 6.45) is 0. The molecule has 0 aliphatic carbocycles. The fourth-order valence-corrected chi connectivity index (χ4v) is 2.90. The van der Waals surface area contributed by atoms with Gasteiger partial charge in [0.2, 0.25) is 14.2 Å². The van der Waals surface area contributed by atoms with Crippen LogP contribution in [0.1, 0.15) is 40.2 Å². The third-order valence-electron chi connectivity index (χ3n) is 4.23. The van der Waals surface area contributed by atoms with Crippen molar-refractivity contribution in [1.82, 2.24) is 0 Å². The molecule has 116 valence electrons. The first kappa shape index (κ1) is 16.1. The van der Waals surface area contributed by atoms with Gasteiger partial charge in [-0.3, -0.25) is 0 Å². The van der Waals surface area contributed by atoms with Gasteiger partial charge in [-0.05, 0) is 50.2 Å². The van der Waals surface area contributed by atoms with Gasteiger partial charge >= 0.3 is 0 Å². The third-order valence-corrected chi connectivity index (χ3v) is 8.58. The maximum absolute atomic E-state index is 6.35. The molecular weight excluding hydrogens is 278 g/mol. The van der Waals surface area contributed by atoms with E-state index in [0.717, 1.165) is 17.2 Å². The van der Waals surface area contributed by atoms with E-state index in [4.69, 9.17) is 9.16 Å². The molecule has 0 atom stereocenters. The second-order valence-corrected chi connectivity index (χ2v) is 12.6. The summed E-state index contributed by atoms with van der Waals surface area (Å²) in [5, 5.41) is 0.187. The smallest absolute Gasteiger partial charge is 0.250 e. The molecule has 0 unspecified atom stereocenters. The summed E-state index contributed by atoms with van der Waals surface area (Å²) >= 11 is 0. The molecule has 0 N–H and O–H groups in total. The zero-order chi connectivity index (χ0) is 15.9. The van der Waals surface area contributed by atoms with Crippen molar-refractivity contribution >= 4 is 14.2 Å². The van der Waals surface area contributed by atoms with Gasteiger partial charge in [-0.25, -0.2) is 4.99 Å². The van der Waals surface area contributed by atoms with Crippen LogP contribution < -0.4 is 4.43 Å². The number of ether oxygens (including phenoxy) is 1. The summed E-state index contributed by atoms with van der Waals surface area (Å²) in [6.45, 7) is 16.0. The van der Waals surface area contributed by atoms with E-state index in [9.17, 15) is 0 Å². The molecule has 0 radical (unpaired) electrons. The lowest BCUT2D eigenvalue weighted by molar-refractivity contribution is 0.279. The van der Waals surface area contributed by atoms with Gasteiger partial charge in [0.05, 0.1) is 5.54 Å². The molecule has 1 aromatic carbocycles. The minimum atomic E-state index is -1.82. The molecule has 1 aliphatic heterocycles. The molecule has 0 saturated carbocycles. The van der Waals surface area contributed by atoms with E-state index in [1.54, 1.807) is 0 Å². The first-order valence-electron chi connectivity index (χ1n) is 7.52. The third kappa shape index (κ3) is 3.67. The van der Waals surface area contributed by atoms with Crippen LogP contribution in [0.5, 0.6) is 5.75 Å². The molecule has 1 heterocycles. The fourth-order valence-electron chi connectivity index (χ4n) is 1.87. The van der Waals surface area contributed by atoms with E-state index in [-0.39, 0.29) is 10.6 Å². The molecule has 4 heteroatoms. The number of nitrogens with zero attached hydrogens (tertiary/aromatic N) is 1. The van der Waals surface area contributed by atoms with Crippen molar-refractivity contribution in [2.24, 2.45) is 4.99 Å². The van der Waals surface area contributed by atoms with Gasteiger partial charge in [0.15, 0.2) is 0 Å². The molecule has 1 aliphatic rings. The zero-order valence-corrected chi connectivity index (χ0v) is 15.3. The van der Waals surface area contributed by atoms with Crippen LogP contribution in [0.15, 0.2) is 29.3 Å². The molecular formula is C17H27NO2Si. The van der Waals surface area contributed by atoms with Gasteiger partial charge in [-0.2, -0.15) is 0 Å². The molecule has 0 saturated heterocycles. The Bertz CT molecular complexity index is 556. The summed E-state index contributed by atoms with van der Waals surface area (Å²) in [5.74, 6) is 1.63. The lowest BCUT2D eigenvalue weighted by Gasteiger charge is -2.36. The highest BCUT2D eigenvalue weighted by Gasteiger charge is 2.39. The quantitative estimate of drug-likeness (QED) is 0.763. The van der Waals surface area contributed by atoms with Crippen LogP contribution in [0.3, 0.4) is 0 Å². The van der Waals surface area contributed by atoms with Gasteiger partial charge in [-0.15, -0.1) is 0 Å². The van der Waals surface area contributed by atoms with Gasteiger partial charge in [0.1, 0.15) is 12.4 Å². The largest absolute Gasteiger partial charge is 0.543 e. The van der Waals surface area contributed by atoms with E-state index in [0.29, 0.717) is 6.61 Å². The summed E-state index contributed by atoms with van der Waals surface area (Å²) in [7, 11) is -1.82. The SMILES string of the molecule is CC1(C)COC(c2cccc(O[Si](C)(C)C(C)(C)C)c2)=N1. The van der Waals surface area contributed by atoms with Crippen molar-refractivity contribution in [3.05, 3.63) is 29.8 Å². The molecule has 0 amide bonds. The fraction of sp³-hybridized carbons (Fsp3) is 0.588. The van der Waals surface area contributed by atoms with E-state index < -0.39 is 8.32 Å². The van der Waals surface area contributed by atoms with Crippen LogP contribution in [0, 0.1) is 0 Å². The number of benzene rings is 1. The highest BCUT2D eigenvalue weighted by atomic mass is 28.4.